The van der Waals surface area contributed by atoms with Crippen molar-refractivity contribution in [1.82, 2.24) is 15.6 Å². The second kappa shape index (κ2) is 8.72. The predicted octanol–water partition coefficient (Wildman–Crippen LogP) is 2.93. The molecule has 0 aliphatic carbocycles. The zero-order valence-electron chi connectivity index (χ0n) is 12.2. The van der Waals surface area contributed by atoms with E-state index < -0.39 is 0 Å². The van der Waals surface area contributed by atoms with Crippen LogP contribution >= 0.6 is 35.5 Å². The second-order valence-corrected chi connectivity index (χ2v) is 7.51. The quantitative estimate of drug-likeness (QED) is 0.808. The highest BCUT2D eigenvalue weighted by atomic mass is 35.5. The van der Waals surface area contributed by atoms with E-state index in [2.05, 4.69) is 21.7 Å². The number of aromatic nitrogens is 1. The number of piperidine rings is 1. The van der Waals surface area contributed by atoms with Crippen LogP contribution in [0.25, 0.3) is 10.2 Å². The zero-order chi connectivity index (χ0) is 14.5. The van der Waals surface area contributed by atoms with Crippen molar-refractivity contribution in [3.05, 3.63) is 24.3 Å². The Bertz CT molecular complexity index is 581. The van der Waals surface area contributed by atoms with Gasteiger partial charge in [0.05, 0.1) is 16.0 Å². The molecule has 1 amide bonds. The number of fused-ring (bicyclic) bond motifs is 1. The SMILES string of the molecule is Cl.O=C(CSc1nc2ccccc2s1)NCC1CCCNC1. The molecule has 1 aliphatic rings. The molecule has 120 valence electrons. The van der Waals surface area contributed by atoms with Crippen LogP contribution < -0.4 is 10.6 Å². The van der Waals surface area contributed by atoms with Gasteiger partial charge in [-0.05, 0) is 44.0 Å². The molecule has 1 aromatic carbocycles. The molecule has 2 N–H and O–H groups in total. The number of nitrogens with one attached hydrogen (secondary N) is 2. The Morgan fingerprint density at radius 2 is 2.32 bits per heavy atom. The van der Waals surface area contributed by atoms with Gasteiger partial charge in [-0.15, -0.1) is 23.7 Å². The molecular formula is C15H20ClN3OS2. The van der Waals surface area contributed by atoms with Gasteiger partial charge in [0.2, 0.25) is 5.91 Å². The standard InChI is InChI=1S/C15H19N3OS2.ClH/c19-14(17-9-11-4-3-7-16-8-11)10-20-15-18-12-5-1-2-6-13(12)21-15;/h1-2,5-6,11,16H,3-4,7-10H2,(H,17,19);1H. The molecule has 0 bridgehead atoms. The number of hydrogen-bond donors (Lipinski definition) is 2. The van der Waals surface area contributed by atoms with Crippen LogP contribution in [0.5, 0.6) is 0 Å². The van der Waals surface area contributed by atoms with Crippen molar-refractivity contribution < 1.29 is 4.79 Å². The lowest BCUT2D eigenvalue weighted by atomic mass is 10.00. The molecule has 22 heavy (non-hydrogen) atoms. The first-order valence-electron chi connectivity index (χ1n) is 7.27. The van der Waals surface area contributed by atoms with Crippen molar-refractivity contribution in [1.29, 1.82) is 0 Å². The highest BCUT2D eigenvalue weighted by molar-refractivity contribution is 8.01. The molecule has 0 saturated carbocycles. The van der Waals surface area contributed by atoms with Crippen LogP contribution in [0, 0.1) is 5.92 Å². The third-order valence-corrected chi connectivity index (χ3v) is 5.77. The van der Waals surface area contributed by atoms with E-state index in [1.165, 1.54) is 29.3 Å². The average Bonchev–Trinajstić information content (AvgIpc) is 2.95. The Hall–Kier alpha value is -0.820. The molecule has 1 aliphatic heterocycles. The topological polar surface area (TPSA) is 54.0 Å². The summed E-state index contributed by atoms with van der Waals surface area (Å²) in [5.74, 6) is 1.12. The summed E-state index contributed by atoms with van der Waals surface area (Å²) in [4.78, 5) is 16.4. The molecule has 1 saturated heterocycles. The smallest absolute Gasteiger partial charge is 0.230 e. The number of para-hydroxylation sites is 1. The number of hydrogen-bond acceptors (Lipinski definition) is 5. The lowest BCUT2D eigenvalue weighted by Crippen LogP contribution is -2.38. The lowest BCUT2D eigenvalue weighted by Gasteiger charge is -2.22. The van der Waals surface area contributed by atoms with Crippen LogP contribution in [0.4, 0.5) is 0 Å². The molecule has 0 radical (unpaired) electrons. The maximum absolute atomic E-state index is 11.9. The van der Waals surface area contributed by atoms with Crippen LogP contribution in [0.1, 0.15) is 12.8 Å². The van der Waals surface area contributed by atoms with E-state index in [0.717, 1.165) is 29.5 Å². The van der Waals surface area contributed by atoms with Crippen LogP contribution in [-0.2, 0) is 4.79 Å². The van der Waals surface area contributed by atoms with Crippen molar-refractivity contribution in [2.45, 2.75) is 17.2 Å². The highest BCUT2D eigenvalue weighted by Gasteiger charge is 2.14. The van der Waals surface area contributed by atoms with Gasteiger partial charge in [-0.25, -0.2) is 4.98 Å². The fourth-order valence-corrected chi connectivity index (χ4v) is 4.35. The fraction of sp³-hybridized carbons (Fsp3) is 0.467. The molecule has 2 heterocycles. The van der Waals surface area contributed by atoms with Crippen molar-refractivity contribution in [3.8, 4) is 0 Å². The third kappa shape index (κ3) is 4.84. The van der Waals surface area contributed by atoms with Gasteiger partial charge in [-0.3, -0.25) is 4.79 Å². The molecule has 0 spiro atoms. The summed E-state index contributed by atoms with van der Waals surface area (Å²) in [6.07, 6.45) is 2.42. The molecule has 1 fully saturated rings. The van der Waals surface area contributed by atoms with Crippen molar-refractivity contribution in [2.75, 3.05) is 25.4 Å². The highest BCUT2D eigenvalue weighted by Crippen LogP contribution is 2.28. The number of carbonyl (C=O) groups excluding carboxylic acids is 1. The van der Waals surface area contributed by atoms with Crippen molar-refractivity contribution >= 4 is 51.6 Å². The van der Waals surface area contributed by atoms with Crippen LogP contribution in [0.15, 0.2) is 28.6 Å². The summed E-state index contributed by atoms with van der Waals surface area (Å²) < 4.78 is 2.14. The minimum absolute atomic E-state index is 0. The van der Waals surface area contributed by atoms with Gasteiger partial charge in [0.1, 0.15) is 0 Å². The molecule has 3 rings (SSSR count). The third-order valence-electron chi connectivity index (χ3n) is 3.59. The first-order chi connectivity index (χ1) is 10.3. The lowest BCUT2D eigenvalue weighted by molar-refractivity contribution is -0.118. The maximum Gasteiger partial charge on any atom is 0.230 e. The average molecular weight is 358 g/mol. The first kappa shape index (κ1) is 17.5. The van der Waals surface area contributed by atoms with E-state index in [1.54, 1.807) is 11.3 Å². The monoisotopic (exact) mass is 357 g/mol. The van der Waals surface area contributed by atoms with Gasteiger partial charge in [0.15, 0.2) is 4.34 Å². The van der Waals surface area contributed by atoms with Crippen molar-refractivity contribution in [3.63, 3.8) is 0 Å². The Kier molecular flexibility index (Phi) is 6.95. The minimum Gasteiger partial charge on any atom is -0.355 e. The molecule has 7 heteroatoms. The van der Waals surface area contributed by atoms with E-state index in [1.807, 2.05) is 18.2 Å². The van der Waals surface area contributed by atoms with E-state index in [4.69, 9.17) is 0 Å². The Balaban J connectivity index is 0.00000176. The summed E-state index contributed by atoms with van der Waals surface area (Å²) in [5, 5.41) is 6.40. The molecule has 1 aromatic heterocycles. The molecule has 1 unspecified atom stereocenters. The summed E-state index contributed by atoms with van der Waals surface area (Å²) in [6, 6.07) is 8.07. The van der Waals surface area contributed by atoms with Gasteiger partial charge in [-0.1, -0.05) is 23.9 Å². The Labute approximate surface area is 144 Å². The normalized spacial score (nSPS) is 17.9. The summed E-state index contributed by atoms with van der Waals surface area (Å²) in [7, 11) is 0. The van der Waals surface area contributed by atoms with E-state index in [-0.39, 0.29) is 18.3 Å². The van der Waals surface area contributed by atoms with Crippen molar-refractivity contribution in [2.24, 2.45) is 5.92 Å². The summed E-state index contributed by atoms with van der Waals surface area (Å²) in [5.41, 5.74) is 1.01. The van der Waals surface area contributed by atoms with Gasteiger partial charge in [0, 0.05) is 6.54 Å². The maximum atomic E-state index is 11.9. The Morgan fingerprint density at radius 3 is 3.09 bits per heavy atom. The zero-order valence-corrected chi connectivity index (χ0v) is 14.7. The fourth-order valence-electron chi connectivity index (χ4n) is 2.45. The molecule has 1 atom stereocenters. The molecular weight excluding hydrogens is 338 g/mol. The summed E-state index contributed by atoms with van der Waals surface area (Å²) >= 11 is 3.17. The number of amides is 1. The number of benzene rings is 1. The number of rotatable bonds is 5. The summed E-state index contributed by atoms with van der Waals surface area (Å²) in [6.45, 7) is 2.91. The minimum atomic E-state index is 0. The Morgan fingerprint density at radius 1 is 1.45 bits per heavy atom. The van der Waals surface area contributed by atoms with Gasteiger partial charge < -0.3 is 10.6 Å². The predicted molar refractivity (Wildman–Crippen MR) is 96.2 cm³/mol. The number of thioether (sulfide) groups is 1. The van der Waals surface area contributed by atoms with Gasteiger partial charge in [0.25, 0.3) is 0 Å². The largest absolute Gasteiger partial charge is 0.355 e. The van der Waals surface area contributed by atoms with Crippen LogP contribution in [0.3, 0.4) is 0 Å². The van der Waals surface area contributed by atoms with Gasteiger partial charge >= 0.3 is 0 Å². The number of halogens is 1. The molecule has 2 aromatic rings. The molecule has 4 nitrogen and oxygen atoms in total. The van der Waals surface area contributed by atoms with E-state index in [9.17, 15) is 4.79 Å². The number of carbonyl (C=O) groups is 1. The second-order valence-electron chi connectivity index (χ2n) is 5.25. The number of nitrogens with zero attached hydrogens (tertiary/aromatic N) is 1. The first-order valence-corrected chi connectivity index (χ1v) is 9.07. The number of thiazole rings is 1. The van der Waals surface area contributed by atoms with Crippen LogP contribution in [0.2, 0.25) is 0 Å². The van der Waals surface area contributed by atoms with E-state index >= 15 is 0 Å². The van der Waals surface area contributed by atoms with Gasteiger partial charge in [-0.2, -0.15) is 0 Å². The van der Waals surface area contributed by atoms with E-state index in [0.29, 0.717) is 11.7 Å². The van der Waals surface area contributed by atoms with Crippen LogP contribution in [-0.4, -0.2) is 36.3 Å².